The van der Waals surface area contributed by atoms with E-state index in [4.69, 9.17) is 5.11 Å². The molecule has 26 heavy (non-hydrogen) atoms. The van der Waals surface area contributed by atoms with Gasteiger partial charge in [0.25, 0.3) is 0 Å². The Labute approximate surface area is 150 Å². The van der Waals surface area contributed by atoms with Gasteiger partial charge in [-0.25, -0.2) is 4.68 Å². The van der Waals surface area contributed by atoms with E-state index in [1.165, 1.54) is 17.8 Å². The predicted octanol–water partition coefficient (Wildman–Crippen LogP) is 0.418. The Hall–Kier alpha value is -3.23. The highest BCUT2D eigenvalue weighted by Gasteiger charge is 2.12. The summed E-state index contributed by atoms with van der Waals surface area (Å²) in [5, 5.41) is 18.8. The fourth-order valence-electron chi connectivity index (χ4n) is 2.30. The van der Waals surface area contributed by atoms with Crippen LogP contribution in [0.3, 0.4) is 0 Å². The summed E-state index contributed by atoms with van der Waals surface area (Å²) < 4.78 is 1.18. The third kappa shape index (κ3) is 6.34. The fourth-order valence-corrected chi connectivity index (χ4v) is 2.30. The molecular weight excluding hydrogens is 338 g/mol. The third-order valence-corrected chi connectivity index (χ3v) is 3.62. The van der Waals surface area contributed by atoms with E-state index >= 15 is 0 Å². The molecule has 138 valence electrons. The number of carboxylic acid groups (broad SMARTS) is 1. The molecule has 1 aromatic heterocycles. The summed E-state index contributed by atoms with van der Waals surface area (Å²) in [6.07, 6.45) is 1.63. The van der Waals surface area contributed by atoms with Crippen LogP contribution in [0.25, 0.3) is 0 Å². The lowest BCUT2D eigenvalue weighted by Gasteiger charge is -2.20. The third-order valence-electron chi connectivity index (χ3n) is 3.62. The number of carbonyl (C=O) groups excluding carboxylic acids is 2. The first kappa shape index (κ1) is 19.1. The van der Waals surface area contributed by atoms with Crippen LogP contribution in [0.1, 0.15) is 24.6 Å². The lowest BCUT2D eigenvalue weighted by molar-refractivity contribution is -0.138. The molecule has 0 saturated heterocycles. The number of aromatic nitrogens is 3. The minimum atomic E-state index is -1.02. The number of amides is 2. The molecule has 0 spiro atoms. The predicted molar refractivity (Wildman–Crippen MR) is 91.7 cm³/mol. The van der Waals surface area contributed by atoms with Crippen LogP contribution in [0.2, 0.25) is 0 Å². The average molecular weight is 359 g/mol. The minimum absolute atomic E-state index is 0.0988. The van der Waals surface area contributed by atoms with Gasteiger partial charge in [-0.15, -0.1) is 5.10 Å². The van der Waals surface area contributed by atoms with E-state index < -0.39 is 5.97 Å². The normalized spacial score (nSPS) is 10.3. The summed E-state index contributed by atoms with van der Waals surface area (Å²) in [6.45, 7) is 2.10. The second-order valence-corrected chi connectivity index (χ2v) is 5.75. The SMILES string of the molecule is CC(=O)N(CCC(=O)NCc1cn(CC(=O)O)nn1)Cc1ccccc1. The van der Waals surface area contributed by atoms with Gasteiger partial charge in [-0.05, 0) is 5.56 Å². The van der Waals surface area contributed by atoms with Gasteiger partial charge < -0.3 is 15.3 Å². The molecule has 0 saturated carbocycles. The summed E-state index contributed by atoms with van der Waals surface area (Å²) in [5.74, 6) is -1.34. The first-order valence-corrected chi connectivity index (χ1v) is 8.11. The molecule has 9 nitrogen and oxygen atoms in total. The molecule has 0 unspecified atom stereocenters. The Kier molecular flexibility index (Phi) is 6.84. The molecular formula is C17H21N5O4. The smallest absolute Gasteiger partial charge is 0.325 e. The zero-order valence-corrected chi connectivity index (χ0v) is 14.5. The van der Waals surface area contributed by atoms with E-state index in [1.807, 2.05) is 30.3 Å². The molecule has 2 aromatic rings. The maximum absolute atomic E-state index is 12.0. The van der Waals surface area contributed by atoms with Gasteiger partial charge in [-0.2, -0.15) is 0 Å². The molecule has 0 atom stereocenters. The summed E-state index contributed by atoms with van der Waals surface area (Å²) >= 11 is 0. The van der Waals surface area contributed by atoms with Gasteiger partial charge in [0.1, 0.15) is 12.2 Å². The van der Waals surface area contributed by atoms with E-state index in [1.54, 1.807) is 4.90 Å². The Morgan fingerprint density at radius 2 is 1.96 bits per heavy atom. The molecule has 0 aliphatic carbocycles. The number of hydrogen-bond acceptors (Lipinski definition) is 5. The number of aliphatic carboxylic acids is 1. The van der Waals surface area contributed by atoms with Crippen LogP contribution in [0.5, 0.6) is 0 Å². The van der Waals surface area contributed by atoms with Gasteiger partial charge >= 0.3 is 5.97 Å². The van der Waals surface area contributed by atoms with Crippen molar-refractivity contribution in [3.63, 3.8) is 0 Å². The average Bonchev–Trinajstić information content (AvgIpc) is 3.04. The van der Waals surface area contributed by atoms with E-state index in [9.17, 15) is 14.4 Å². The van der Waals surface area contributed by atoms with Crippen molar-refractivity contribution in [3.05, 3.63) is 47.8 Å². The van der Waals surface area contributed by atoms with Gasteiger partial charge in [0.05, 0.1) is 12.7 Å². The summed E-state index contributed by atoms with van der Waals surface area (Å²) in [6, 6.07) is 9.56. The van der Waals surface area contributed by atoms with Crippen LogP contribution >= 0.6 is 0 Å². The molecule has 1 aromatic carbocycles. The van der Waals surface area contributed by atoms with Crippen molar-refractivity contribution in [2.45, 2.75) is 33.0 Å². The van der Waals surface area contributed by atoms with Crippen molar-refractivity contribution in [2.75, 3.05) is 6.54 Å². The fraction of sp³-hybridized carbons (Fsp3) is 0.353. The van der Waals surface area contributed by atoms with Crippen LogP contribution in [-0.4, -0.2) is 49.3 Å². The quantitative estimate of drug-likeness (QED) is 0.670. The summed E-state index contributed by atoms with van der Waals surface area (Å²) in [4.78, 5) is 35.9. The number of benzene rings is 1. The van der Waals surface area contributed by atoms with Crippen LogP contribution in [0.4, 0.5) is 0 Å². The molecule has 0 aliphatic heterocycles. The molecule has 0 fully saturated rings. The Balaban J connectivity index is 1.78. The second kappa shape index (κ2) is 9.30. The van der Waals surface area contributed by atoms with Crippen molar-refractivity contribution in [2.24, 2.45) is 0 Å². The minimum Gasteiger partial charge on any atom is -0.480 e. The van der Waals surface area contributed by atoms with Crippen LogP contribution in [0.15, 0.2) is 36.5 Å². The second-order valence-electron chi connectivity index (χ2n) is 5.75. The highest BCUT2D eigenvalue weighted by Crippen LogP contribution is 2.05. The number of carbonyl (C=O) groups is 3. The van der Waals surface area contributed by atoms with E-state index in [0.717, 1.165) is 5.56 Å². The number of rotatable bonds is 9. The maximum Gasteiger partial charge on any atom is 0.325 e. The van der Waals surface area contributed by atoms with Gasteiger partial charge in [0, 0.05) is 26.4 Å². The van der Waals surface area contributed by atoms with E-state index in [-0.39, 0.29) is 31.3 Å². The highest BCUT2D eigenvalue weighted by atomic mass is 16.4. The van der Waals surface area contributed by atoms with Crippen molar-refractivity contribution in [1.29, 1.82) is 0 Å². The highest BCUT2D eigenvalue weighted by molar-refractivity contribution is 5.78. The lowest BCUT2D eigenvalue weighted by Crippen LogP contribution is -2.33. The molecule has 9 heteroatoms. The van der Waals surface area contributed by atoms with Gasteiger partial charge in [-0.3, -0.25) is 14.4 Å². The number of carboxylic acids is 1. The summed E-state index contributed by atoms with van der Waals surface area (Å²) in [7, 11) is 0. The number of nitrogens with zero attached hydrogens (tertiary/aromatic N) is 4. The Bertz CT molecular complexity index is 760. The van der Waals surface area contributed by atoms with Crippen molar-refractivity contribution >= 4 is 17.8 Å². The maximum atomic E-state index is 12.0. The zero-order chi connectivity index (χ0) is 18.9. The molecule has 1 heterocycles. The topological polar surface area (TPSA) is 117 Å². The largest absolute Gasteiger partial charge is 0.480 e. The first-order valence-electron chi connectivity index (χ1n) is 8.11. The first-order chi connectivity index (χ1) is 12.4. The lowest BCUT2D eigenvalue weighted by atomic mass is 10.2. The molecule has 0 aliphatic rings. The number of nitrogens with one attached hydrogen (secondary N) is 1. The van der Waals surface area contributed by atoms with Crippen LogP contribution in [0, 0.1) is 0 Å². The van der Waals surface area contributed by atoms with Gasteiger partial charge in [-0.1, -0.05) is 35.5 Å². The van der Waals surface area contributed by atoms with Crippen molar-refractivity contribution in [1.82, 2.24) is 25.2 Å². The van der Waals surface area contributed by atoms with Crippen molar-refractivity contribution in [3.8, 4) is 0 Å². The summed E-state index contributed by atoms with van der Waals surface area (Å²) in [5.41, 5.74) is 1.46. The molecule has 0 radical (unpaired) electrons. The molecule has 2 N–H and O–H groups in total. The standard InChI is InChI=1S/C17H21N5O4/c1-13(23)21(10-14-5-3-2-4-6-14)8-7-16(24)18-9-15-11-22(20-19-15)12-17(25)26/h2-6,11H,7-10,12H2,1H3,(H,18,24)(H,25,26). The van der Waals surface area contributed by atoms with E-state index in [0.29, 0.717) is 18.8 Å². The molecule has 2 amide bonds. The van der Waals surface area contributed by atoms with Gasteiger partial charge in [0.15, 0.2) is 0 Å². The van der Waals surface area contributed by atoms with Crippen LogP contribution in [-0.2, 0) is 34.0 Å². The van der Waals surface area contributed by atoms with E-state index in [2.05, 4.69) is 15.6 Å². The Morgan fingerprint density at radius 3 is 2.62 bits per heavy atom. The van der Waals surface area contributed by atoms with Gasteiger partial charge in [0.2, 0.25) is 11.8 Å². The van der Waals surface area contributed by atoms with Crippen LogP contribution < -0.4 is 5.32 Å². The monoisotopic (exact) mass is 359 g/mol. The molecule has 0 bridgehead atoms. The van der Waals surface area contributed by atoms with Crippen molar-refractivity contribution < 1.29 is 19.5 Å². The Morgan fingerprint density at radius 1 is 1.23 bits per heavy atom. The molecule has 2 rings (SSSR count). The number of hydrogen-bond donors (Lipinski definition) is 2. The zero-order valence-electron chi connectivity index (χ0n) is 14.5.